The van der Waals surface area contributed by atoms with E-state index in [4.69, 9.17) is 11.6 Å². The first-order valence-corrected chi connectivity index (χ1v) is 8.93. The average Bonchev–Trinajstić information content (AvgIpc) is 2.98. The predicted octanol–water partition coefficient (Wildman–Crippen LogP) is 5.78. The van der Waals surface area contributed by atoms with Crippen LogP contribution in [-0.2, 0) is 5.41 Å². The van der Waals surface area contributed by atoms with Crippen LogP contribution >= 0.6 is 11.6 Å². The summed E-state index contributed by atoms with van der Waals surface area (Å²) in [5.41, 5.74) is 6.32. The highest BCUT2D eigenvalue weighted by Crippen LogP contribution is 2.39. The van der Waals surface area contributed by atoms with E-state index in [2.05, 4.69) is 85.6 Å². The zero-order chi connectivity index (χ0) is 17.8. The van der Waals surface area contributed by atoms with Crippen LogP contribution in [0.5, 0.6) is 0 Å². The zero-order valence-corrected chi connectivity index (χ0v) is 15.8. The van der Waals surface area contributed by atoms with Crippen LogP contribution in [0.1, 0.15) is 25.1 Å². The molecule has 1 aromatic heterocycles. The third-order valence-corrected chi connectivity index (χ3v) is 5.55. The number of aryl methyl sites for hydroxylation is 1. The van der Waals surface area contributed by atoms with Crippen LogP contribution in [0.3, 0.4) is 0 Å². The molecule has 1 aliphatic rings. The number of hydrogen-bond donors (Lipinski definition) is 0. The van der Waals surface area contributed by atoms with Gasteiger partial charge in [0.25, 0.3) is 0 Å². The Bertz CT molecular complexity index is 1050. The molecule has 0 radical (unpaired) electrons. The predicted molar refractivity (Wildman–Crippen MR) is 107 cm³/mol. The molecule has 0 saturated heterocycles. The molecule has 0 N–H and O–H groups in total. The van der Waals surface area contributed by atoms with Crippen LogP contribution in [-0.4, -0.2) is 21.9 Å². The molecule has 0 atom stereocenters. The molecule has 3 aromatic rings. The Balaban J connectivity index is 1.81. The largest absolute Gasteiger partial charge is 0.320 e. The highest BCUT2D eigenvalue weighted by Gasteiger charge is 2.42. The Morgan fingerprint density at radius 3 is 2.60 bits per heavy atom. The van der Waals surface area contributed by atoms with Crippen molar-refractivity contribution in [3.63, 3.8) is 0 Å². The molecule has 0 saturated carbocycles. The summed E-state index contributed by atoms with van der Waals surface area (Å²) in [6.45, 7) is 6.70. The fourth-order valence-corrected chi connectivity index (χ4v) is 4.17. The molecule has 2 nitrogen and oxygen atoms in total. The van der Waals surface area contributed by atoms with E-state index in [1.165, 1.54) is 33.6 Å². The molecule has 0 aliphatic carbocycles. The van der Waals surface area contributed by atoms with Crippen molar-refractivity contribution in [3.05, 3.63) is 70.9 Å². The van der Waals surface area contributed by atoms with E-state index in [0.29, 0.717) is 0 Å². The molecule has 4 rings (SSSR count). The van der Waals surface area contributed by atoms with E-state index in [1.807, 2.05) is 12.1 Å². The molecule has 25 heavy (non-hydrogen) atoms. The van der Waals surface area contributed by atoms with Crippen molar-refractivity contribution in [1.29, 1.82) is 0 Å². The van der Waals surface area contributed by atoms with Crippen LogP contribution in [0, 0.1) is 6.92 Å². The van der Waals surface area contributed by atoms with Gasteiger partial charge in [0.2, 0.25) is 5.69 Å². The van der Waals surface area contributed by atoms with E-state index in [1.54, 1.807) is 0 Å². The van der Waals surface area contributed by atoms with Gasteiger partial charge in [0.15, 0.2) is 5.71 Å². The Morgan fingerprint density at radius 1 is 1.08 bits per heavy atom. The molecule has 1 aliphatic heterocycles. The van der Waals surface area contributed by atoms with Gasteiger partial charge in [-0.25, -0.2) is 0 Å². The fourth-order valence-electron chi connectivity index (χ4n) is 3.99. The molecular formula is C22H22ClN2+. The molecule has 2 aromatic carbocycles. The highest BCUT2D eigenvalue weighted by molar-refractivity contribution is 6.31. The summed E-state index contributed by atoms with van der Waals surface area (Å²) in [5.74, 6) is 0. The van der Waals surface area contributed by atoms with E-state index in [0.717, 1.165) is 5.02 Å². The monoisotopic (exact) mass is 349 g/mol. The van der Waals surface area contributed by atoms with Crippen molar-refractivity contribution in [2.24, 2.45) is 0 Å². The molecule has 126 valence electrons. The number of benzene rings is 2. The van der Waals surface area contributed by atoms with Gasteiger partial charge >= 0.3 is 0 Å². The Labute approximate surface area is 153 Å². The van der Waals surface area contributed by atoms with Gasteiger partial charge in [-0.2, -0.15) is 4.58 Å². The second-order valence-corrected chi connectivity index (χ2v) is 7.70. The summed E-state index contributed by atoms with van der Waals surface area (Å²) in [6, 6.07) is 16.9. The minimum Gasteiger partial charge on any atom is -0.320 e. The van der Waals surface area contributed by atoms with Gasteiger partial charge in [0.05, 0.1) is 10.9 Å². The van der Waals surface area contributed by atoms with Crippen LogP contribution in [0.2, 0.25) is 5.02 Å². The summed E-state index contributed by atoms with van der Waals surface area (Å²) in [5, 5.41) is 1.94. The van der Waals surface area contributed by atoms with Gasteiger partial charge in [-0.05, 0) is 45.0 Å². The first kappa shape index (κ1) is 16.2. The van der Waals surface area contributed by atoms with Crippen molar-refractivity contribution in [3.8, 4) is 0 Å². The lowest BCUT2D eigenvalue weighted by molar-refractivity contribution is -0.401. The van der Waals surface area contributed by atoms with Crippen molar-refractivity contribution >= 4 is 40.1 Å². The topological polar surface area (TPSA) is 7.94 Å². The van der Waals surface area contributed by atoms with Crippen LogP contribution < -0.4 is 0 Å². The van der Waals surface area contributed by atoms with Gasteiger partial charge in [-0.3, -0.25) is 0 Å². The minimum atomic E-state index is -0.0119. The van der Waals surface area contributed by atoms with E-state index < -0.39 is 0 Å². The number of halogens is 1. The molecule has 0 amide bonds. The standard InChI is InChI=1S/C22H22ClN2/c1-15-13-16-14-17(23)9-10-19(16)25(15)12-11-21-22(2,3)18-7-5-6-8-20(18)24(21)4/h5-14H,1-4H3/q+1. The molecule has 0 fully saturated rings. The fraction of sp³-hybridized carbons (Fsp3) is 0.227. The molecule has 2 heterocycles. The molecule has 0 unspecified atom stereocenters. The first-order chi connectivity index (χ1) is 11.9. The van der Waals surface area contributed by atoms with Gasteiger partial charge < -0.3 is 4.57 Å². The van der Waals surface area contributed by atoms with Crippen LogP contribution in [0.25, 0.3) is 17.1 Å². The number of allylic oxidation sites excluding steroid dienone is 1. The highest BCUT2D eigenvalue weighted by atomic mass is 35.5. The summed E-state index contributed by atoms with van der Waals surface area (Å²) < 4.78 is 4.52. The SMILES string of the molecule is Cc1cc2cc(Cl)ccc2n1C=CC1=[N+](C)c2ccccc2C1(C)C. The van der Waals surface area contributed by atoms with Crippen LogP contribution in [0.15, 0.2) is 54.6 Å². The summed E-state index contributed by atoms with van der Waals surface area (Å²) in [7, 11) is 2.15. The Morgan fingerprint density at radius 2 is 1.84 bits per heavy atom. The lowest BCUT2D eigenvalue weighted by atomic mass is 9.81. The van der Waals surface area contributed by atoms with Crippen LogP contribution in [0.4, 0.5) is 5.69 Å². The second kappa shape index (κ2) is 5.60. The summed E-state index contributed by atoms with van der Waals surface area (Å²) in [4.78, 5) is 0. The molecule has 0 spiro atoms. The number of aromatic nitrogens is 1. The lowest BCUT2D eigenvalue weighted by Gasteiger charge is -2.15. The maximum absolute atomic E-state index is 6.13. The number of fused-ring (bicyclic) bond motifs is 2. The lowest BCUT2D eigenvalue weighted by Crippen LogP contribution is -2.26. The maximum atomic E-state index is 6.13. The number of hydrogen-bond acceptors (Lipinski definition) is 0. The van der Waals surface area contributed by atoms with E-state index in [-0.39, 0.29) is 5.41 Å². The van der Waals surface area contributed by atoms with E-state index in [9.17, 15) is 0 Å². The van der Waals surface area contributed by atoms with Gasteiger partial charge in [0.1, 0.15) is 7.05 Å². The number of nitrogens with zero attached hydrogens (tertiary/aromatic N) is 2. The summed E-state index contributed by atoms with van der Waals surface area (Å²) in [6.07, 6.45) is 4.41. The Hall–Kier alpha value is -2.32. The normalized spacial score (nSPS) is 16.2. The van der Waals surface area contributed by atoms with Gasteiger partial charge in [0, 0.05) is 40.0 Å². The maximum Gasteiger partial charge on any atom is 0.209 e. The second-order valence-electron chi connectivity index (χ2n) is 7.26. The van der Waals surface area contributed by atoms with Gasteiger partial charge in [-0.1, -0.05) is 29.8 Å². The number of rotatable bonds is 2. The van der Waals surface area contributed by atoms with Crippen molar-refractivity contribution < 1.29 is 4.58 Å². The Kier molecular flexibility index (Phi) is 3.62. The van der Waals surface area contributed by atoms with Crippen molar-refractivity contribution in [2.45, 2.75) is 26.2 Å². The molecular weight excluding hydrogens is 328 g/mol. The van der Waals surface area contributed by atoms with Gasteiger partial charge in [-0.15, -0.1) is 0 Å². The molecule has 3 heteroatoms. The smallest absolute Gasteiger partial charge is 0.209 e. The quantitative estimate of drug-likeness (QED) is 0.518. The minimum absolute atomic E-state index is 0.0119. The third-order valence-electron chi connectivity index (χ3n) is 5.32. The zero-order valence-electron chi connectivity index (χ0n) is 15.0. The van der Waals surface area contributed by atoms with Crippen molar-refractivity contribution in [1.82, 2.24) is 4.57 Å². The number of para-hydroxylation sites is 1. The van der Waals surface area contributed by atoms with E-state index >= 15 is 0 Å². The average molecular weight is 350 g/mol. The molecule has 0 bridgehead atoms. The summed E-state index contributed by atoms with van der Waals surface area (Å²) >= 11 is 6.13. The third kappa shape index (κ3) is 2.44. The first-order valence-electron chi connectivity index (χ1n) is 8.55. The van der Waals surface area contributed by atoms with Crippen molar-refractivity contribution in [2.75, 3.05) is 7.05 Å².